The zero-order chi connectivity index (χ0) is 10.3. The number of aliphatic carboxylic acids is 1. The van der Waals surface area contributed by atoms with Crippen molar-refractivity contribution in [2.75, 3.05) is 0 Å². The van der Waals surface area contributed by atoms with Gasteiger partial charge in [0, 0.05) is 4.47 Å². The van der Waals surface area contributed by atoms with Crippen molar-refractivity contribution in [3.8, 4) is 0 Å². The molecule has 0 fully saturated rings. The molecule has 3 nitrogen and oxygen atoms in total. The minimum atomic E-state index is -0.940. The average Bonchev–Trinajstić information content (AvgIpc) is 2.44. The van der Waals surface area contributed by atoms with Crippen molar-refractivity contribution in [3.63, 3.8) is 0 Å². The molecular weight excluding hydrogens is 248 g/mol. The van der Waals surface area contributed by atoms with Gasteiger partial charge in [-0.05, 0) is 29.7 Å². The van der Waals surface area contributed by atoms with E-state index >= 15 is 0 Å². The highest BCUT2D eigenvalue weighted by molar-refractivity contribution is 9.10. The van der Waals surface area contributed by atoms with Crippen LogP contribution in [0.25, 0.3) is 0 Å². The second-order valence-electron chi connectivity index (χ2n) is 3.44. The molecule has 1 aliphatic carbocycles. The van der Waals surface area contributed by atoms with Crippen molar-refractivity contribution in [3.05, 3.63) is 33.8 Å². The van der Waals surface area contributed by atoms with Crippen molar-refractivity contribution < 1.29 is 15.0 Å². The van der Waals surface area contributed by atoms with Crippen LogP contribution in [0.1, 0.15) is 17.2 Å². The predicted molar refractivity (Wildman–Crippen MR) is 53.9 cm³/mol. The third kappa shape index (κ3) is 1.44. The molecule has 4 heteroatoms. The van der Waals surface area contributed by atoms with Gasteiger partial charge in [-0.15, -0.1) is 0 Å². The highest BCUT2D eigenvalue weighted by Crippen LogP contribution is 2.37. The van der Waals surface area contributed by atoms with E-state index in [1.165, 1.54) is 0 Å². The van der Waals surface area contributed by atoms with Gasteiger partial charge in [-0.25, -0.2) is 0 Å². The van der Waals surface area contributed by atoms with E-state index < -0.39 is 18.0 Å². The second kappa shape index (κ2) is 3.37. The van der Waals surface area contributed by atoms with Gasteiger partial charge in [0.15, 0.2) is 0 Å². The fraction of sp³-hybridized carbons (Fsp3) is 0.300. The van der Waals surface area contributed by atoms with Gasteiger partial charge in [0.2, 0.25) is 0 Å². The molecule has 1 aliphatic rings. The van der Waals surface area contributed by atoms with Crippen molar-refractivity contribution in [2.24, 2.45) is 5.92 Å². The summed E-state index contributed by atoms with van der Waals surface area (Å²) in [5.74, 6) is -1.64. The Bertz CT molecular complexity index is 389. The Morgan fingerprint density at radius 3 is 2.86 bits per heavy atom. The summed E-state index contributed by atoms with van der Waals surface area (Å²) in [5.41, 5.74) is 1.65. The molecule has 0 saturated heterocycles. The summed E-state index contributed by atoms with van der Waals surface area (Å²) < 4.78 is 0.862. The maximum atomic E-state index is 10.8. The minimum Gasteiger partial charge on any atom is -0.481 e. The minimum absolute atomic E-state index is 0.416. The lowest BCUT2D eigenvalue weighted by Gasteiger charge is -2.09. The summed E-state index contributed by atoms with van der Waals surface area (Å²) in [4.78, 5) is 10.8. The van der Waals surface area contributed by atoms with Gasteiger partial charge in [-0.2, -0.15) is 0 Å². The number of fused-ring (bicyclic) bond motifs is 1. The molecule has 0 radical (unpaired) electrons. The van der Waals surface area contributed by atoms with E-state index in [1.807, 2.05) is 12.1 Å². The van der Waals surface area contributed by atoms with Crippen LogP contribution in [0, 0.1) is 5.92 Å². The zero-order valence-corrected chi connectivity index (χ0v) is 8.86. The zero-order valence-electron chi connectivity index (χ0n) is 7.27. The van der Waals surface area contributed by atoms with Crippen molar-refractivity contribution >= 4 is 21.9 Å². The molecule has 2 rings (SSSR count). The summed E-state index contributed by atoms with van der Waals surface area (Å²) in [6, 6.07) is 5.49. The first-order valence-corrected chi connectivity index (χ1v) is 5.08. The van der Waals surface area contributed by atoms with Gasteiger partial charge in [0.05, 0.1) is 12.0 Å². The largest absolute Gasteiger partial charge is 0.481 e. The van der Waals surface area contributed by atoms with Crippen LogP contribution in [0.5, 0.6) is 0 Å². The molecule has 1 aromatic rings. The van der Waals surface area contributed by atoms with Gasteiger partial charge >= 0.3 is 5.97 Å². The first-order valence-electron chi connectivity index (χ1n) is 4.29. The SMILES string of the molecule is O=C(O)C1Cc2ccc(Br)cc2C1O. The molecule has 0 aliphatic heterocycles. The number of carbonyl (C=O) groups is 1. The smallest absolute Gasteiger partial charge is 0.309 e. The van der Waals surface area contributed by atoms with E-state index in [4.69, 9.17) is 5.11 Å². The number of carboxylic acid groups (broad SMARTS) is 1. The highest BCUT2D eigenvalue weighted by atomic mass is 79.9. The van der Waals surface area contributed by atoms with E-state index in [-0.39, 0.29) is 0 Å². The van der Waals surface area contributed by atoms with E-state index in [9.17, 15) is 9.90 Å². The van der Waals surface area contributed by atoms with Gasteiger partial charge < -0.3 is 10.2 Å². The Hall–Kier alpha value is -0.870. The predicted octanol–water partition coefficient (Wildman–Crippen LogP) is 1.74. The molecule has 14 heavy (non-hydrogen) atoms. The Balaban J connectivity index is 2.41. The molecule has 0 spiro atoms. The van der Waals surface area contributed by atoms with Gasteiger partial charge in [-0.3, -0.25) is 4.79 Å². The van der Waals surface area contributed by atoms with E-state index in [1.54, 1.807) is 6.07 Å². The molecular formula is C10H9BrO3. The van der Waals surface area contributed by atoms with Crippen LogP contribution >= 0.6 is 15.9 Å². The van der Waals surface area contributed by atoms with Crippen LogP contribution in [0.3, 0.4) is 0 Å². The quantitative estimate of drug-likeness (QED) is 0.805. The number of hydrogen-bond donors (Lipinski definition) is 2. The van der Waals surface area contributed by atoms with Crippen molar-refractivity contribution in [1.82, 2.24) is 0 Å². The lowest BCUT2D eigenvalue weighted by molar-refractivity contribution is -0.145. The average molecular weight is 257 g/mol. The maximum absolute atomic E-state index is 10.8. The number of aliphatic hydroxyl groups is 1. The van der Waals surface area contributed by atoms with E-state index in [0.29, 0.717) is 6.42 Å². The van der Waals surface area contributed by atoms with Crippen molar-refractivity contribution in [2.45, 2.75) is 12.5 Å². The molecule has 2 N–H and O–H groups in total. The molecule has 0 bridgehead atoms. The van der Waals surface area contributed by atoms with Gasteiger partial charge in [0.1, 0.15) is 0 Å². The van der Waals surface area contributed by atoms with Crippen LogP contribution in [-0.4, -0.2) is 16.2 Å². The number of rotatable bonds is 1. The summed E-state index contributed by atoms with van der Waals surface area (Å²) in [6.07, 6.45) is -0.459. The maximum Gasteiger partial charge on any atom is 0.309 e. The normalized spacial score (nSPS) is 24.7. The summed E-state index contributed by atoms with van der Waals surface area (Å²) in [7, 11) is 0. The third-order valence-corrected chi connectivity index (χ3v) is 3.06. The first kappa shape index (κ1) is 9.68. The Kier molecular flexibility index (Phi) is 2.33. The number of aliphatic hydroxyl groups excluding tert-OH is 1. The molecule has 0 heterocycles. The molecule has 74 valence electrons. The second-order valence-corrected chi connectivity index (χ2v) is 4.35. The number of halogens is 1. The van der Waals surface area contributed by atoms with Crippen LogP contribution in [0.2, 0.25) is 0 Å². The molecule has 0 aromatic heterocycles. The topological polar surface area (TPSA) is 57.5 Å². The highest BCUT2D eigenvalue weighted by Gasteiger charge is 2.35. The van der Waals surface area contributed by atoms with Crippen LogP contribution in [0.15, 0.2) is 22.7 Å². The number of carboxylic acids is 1. The Morgan fingerprint density at radius 1 is 1.50 bits per heavy atom. The molecule has 2 atom stereocenters. The molecule has 1 aromatic carbocycles. The number of hydrogen-bond acceptors (Lipinski definition) is 2. The molecule has 0 saturated carbocycles. The molecule has 0 amide bonds. The molecule has 2 unspecified atom stereocenters. The van der Waals surface area contributed by atoms with Crippen LogP contribution < -0.4 is 0 Å². The van der Waals surface area contributed by atoms with Crippen LogP contribution in [0.4, 0.5) is 0 Å². The first-order chi connectivity index (χ1) is 6.59. The Labute approximate surface area is 89.5 Å². The van der Waals surface area contributed by atoms with Crippen molar-refractivity contribution in [1.29, 1.82) is 0 Å². The summed E-state index contributed by atoms with van der Waals surface area (Å²) >= 11 is 3.29. The third-order valence-electron chi connectivity index (χ3n) is 2.56. The summed E-state index contributed by atoms with van der Waals surface area (Å²) in [6.45, 7) is 0. The van der Waals surface area contributed by atoms with Gasteiger partial charge in [-0.1, -0.05) is 22.0 Å². The monoisotopic (exact) mass is 256 g/mol. The lowest BCUT2D eigenvalue weighted by Crippen LogP contribution is -2.17. The standard InChI is InChI=1S/C10H9BrO3/c11-6-2-1-5-3-8(10(13)14)9(12)7(5)4-6/h1-2,4,8-9,12H,3H2,(H,13,14). The fourth-order valence-corrected chi connectivity index (χ4v) is 2.19. The lowest BCUT2D eigenvalue weighted by atomic mass is 10.0. The van der Waals surface area contributed by atoms with E-state index in [0.717, 1.165) is 15.6 Å². The van der Waals surface area contributed by atoms with Crippen LogP contribution in [-0.2, 0) is 11.2 Å². The Morgan fingerprint density at radius 2 is 2.21 bits per heavy atom. The summed E-state index contributed by atoms with van der Waals surface area (Å²) in [5, 5.41) is 18.6. The van der Waals surface area contributed by atoms with Gasteiger partial charge in [0.25, 0.3) is 0 Å². The fourth-order valence-electron chi connectivity index (χ4n) is 1.81. The number of benzene rings is 1. The van der Waals surface area contributed by atoms with E-state index in [2.05, 4.69) is 15.9 Å².